The van der Waals surface area contributed by atoms with Gasteiger partial charge in [-0.1, -0.05) is 157 Å². The largest absolute Gasteiger partial charge is 0.340 e. The highest BCUT2D eigenvalue weighted by molar-refractivity contribution is 6.08. The zero-order chi connectivity index (χ0) is 44.2. The Balaban J connectivity index is 0.000000162. The zero-order valence-corrected chi connectivity index (χ0v) is 40.1. The van der Waals surface area contributed by atoms with Gasteiger partial charge in [0.15, 0.2) is 0 Å². The van der Waals surface area contributed by atoms with Crippen molar-refractivity contribution in [1.82, 2.24) is 9.13 Å². The van der Waals surface area contributed by atoms with Crippen LogP contribution in [0.2, 0.25) is 0 Å². The van der Waals surface area contributed by atoms with E-state index in [1.807, 2.05) is 0 Å². The van der Waals surface area contributed by atoms with Crippen LogP contribution in [-0.4, -0.2) is 9.13 Å². The SMILES string of the molecule is C=CC1CC(/C=C\C2CC(C=C)C(CC)C2)C(Cn2c3ccccc3c3ccccc32)C1.CCC1CC(CCC2CC(CC)C(CC)C2)C(Cn2c3ccccc3c3ccccc32)C1. The van der Waals surface area contributed by atoms with E-state index in [2.05, 4.69) is 171 Å². The smallest absolute Gasteiger partial charge is 0.0491 e. The van der Waals surface area contributed by atoms with Gasteiger partial charge in [0.05, 0.1) is 0 Å². The van der Waals surface area contributed by atoms with Crippen molar-refractivity contribution in [1.29, 1.82) is 0 Å². The van der Waals surface area contributed by atoms with Crippen LogP contribution in [0.25, 0.3) is 43.6 Å². The first-order valence-corrected chi connectivity index (χ1v) is 26.3. The fourth-order valence-corrected chi connectivity index (χ4v) is 14.4. The van der Waals surface area contributed by atoms with Crippen molar-refractivity contribution >= 4 is 43.6 Å². The van der Waals surface area contributed by atoms with Crippen LogP contribution in [0.1, 0.15) is 118 Å². The number of nitrogens with zero attached hydrogens (tertiary/aromatic N) is 2. The van der Waals surface area contributed by atoms with Crippen LogP contribution in [0.3, 0.4) is 0 Å². The number of para-hydroxylation sites is 4. The molecule has 4 aromatic carbocycles. The molecule has 2 heterocycles. The van der Waals surface area contributed by atoms with Crippen molar-refractivity contribution in [3.05, 3.63) is 135 Å². The molecular weight excluding hydrogens is 773 g/mol. The molecule has 4 saturated carbocycles. The van der Waals surface area contributed by atoms with Gasteiger partial charge in [-0.2, -0.15) is 0 Å². The van der Waals surface area contributed by atoms with Gasteiger partial charge in [0, 0.05) is 56.7 Å². The number of hydrogen-bond acceptors (Lipinski definition) is 0. The van der Waals surface area contributed by atoms with Crippen LogP contribution in [0.15, 0.2) is 135 Å². The number of aromatic nitrogens is 2. The Kier molecular flexibility index (Phi) is 14.4. The molecular formula is C62H80N2. The molecule has 338 valence electrons. The van der Waals surface area contributed by atoms with Gasteiger partial charge in [0.2, 0.25) is 0 Å². The minimum Gasteiger partial charge on any atom is -0.340 e. The first-order valence-electron chi connectivity index (χ1n) is 26.3. The molecule has 64 heavy (non-hydrogen) atoms. The summed E-state index contributed by atoms with van der Waals surface area (Å²) in [5.41, 5.74) is 5.60. The normalized spacial score (nSPS) is 30.6. The molecule has 10 rings (SSSR count). The molecule has 11 unspecified atom stereocenters. The van der Waals surface area contributed by atoms with Crippen molar-refractivity contribution in [2.75, 3.05) is 0 Å². The number of hydrogen-bond donors (Lipinski definition) is 0. The van der Waals surface area contributed by atoms with Crippen molar-refractivity contribution in [3.63, 3.8) is 0 Å². The second kappa shape index (κ2) is 20.5. The average molecular weight is 853 g/mol. The maximum absolute atomic E-state index is 4.15. The van der Waals surface area contributed by atoms with Gasteiger partial charge in [-0.25, -0.2) is 0 Å². The summed E-state index contributed by atoms with van der Waals surface area (Å²) in [6.07, 6.45) is 29.0. The van der Waals surface area contributed by atoms with Crippen molar-refractivity contribution in [2.24, 2.45) is 71.0 Å². The van der Waals surface area contributed by atoms with E-state index in [-0.39, 0.29) is 0 Å². The van der Waals surface area contributed by atoms with Gasteiger partial charge in [-0.3, -0.25) is 0 Å². The molecule has 4 aliphatic carbocycles. The van der Waals surface area contributed by atoms with Gasteiger partial charge in [0.1, 0.15) is 0 Å². The molecule has 6 aromatic rings. The molecule has 2 aromatic heterocycles. The van der Waals surface area contributed by atoms with E-state index in [0.717, 1.165) is 53.9 Å². The number of fused-ring (bicyclic) bond motifs is 6. The first-order chi connectivity index (χ1) is 31.4. The van der Waals surface area contributed by atoms with Gasteiger partial charge in [0.25, 0.3) is 0 Å². The number of rotatable bonds is 15. The summed E-state index contributed by atoms with van der Waals surface area (Å²) in [4.78, 5) is 0. The molecule has 2 heteroatoms. The fraction of sp³-hybridized carbons (Fsp3) is 0.516. The summed E-state index contributed by atoms with van der Waals surface area (Å²) in [7, 11) is 0. The zero-order valence-electron chi connectivity index (χ0n) is 40.1. The minimum atomic E-state index is 0.635. The summed E-state index contributed by atoms with van der Waals surface area (Å²) in [5, 5.41) is 5.60. The van der Waals surface area contributed by atoms with Crippen molar-refractivity contribution < 1.29 is 0 Å². The molecule has 0 N–H and O–H groups in total. The monoisotopic (exact) mass is 853 g/mol. The van der Waals surface area contributed by atoms with E-state index in [4.69, 9.17) is 0 Å². The predicted molar refractivity (Wildman–Crippen MR) is 278 cm³/mol. The summed E-state index contributed by atoms with van der Waals surface area (Å²) >= 11 is 0. The van der Waals surface area contributed by atoms with E-state index in [1.165, 1.54) is 140 Å². The first kappa shape index (κ1) is 44.9. The van der Waals surface area contributed by atoms with Gasteiger partial charge in [-0.15, -0.1) is 13.2 Å². The quantitative estimate of drug-likeness (QED) is 0.0911. The molecule has 4 fully saturated rings. The van der Waals surface area contributed by atoms with Crippen LogP contribution in [0.4, 0.5) is 0 Å². The van der Waals surface area contributed by atoms with E-state index in [0.29, 0.717) is 23.7 Å². The second-order valence-electron chi connectivity index (χ2n) is 21.4. The Morgan fingerprint density at radius 1 is 0.406 bits per heavy atom. The van der Waals surface area contributed by atoms with Crippen molar-refractivity contribution in [2.45, 2.75) is 131 Å². The minimum absolute atomic E-state index is 0.635. The number of benzene rings is 4. The Morgan fingerprint density at radius 2 is 0.859 bits per heavy atom. The van der Waals surface area contributed by atoms with E-state index >= 15 is 0 Å². The van der Waals surface area contributed by atoms with Gasteiger partial charge < -0.3 is 9.13 Å². The molecule has 2 nitrogen and oxygen atoms in total. The molecule has 0 amide bonds. The third kappa shape index (κ3) is 9.24. The standard InChI is InChI=1S/C31H43N.C31H37N/c2*1-4-22-17-26(16-15-23-19-24(5-2)25(6-3)20-23)27(18-22)21-32-30-13-9-7-11-28(30)29-12-8-10-14-31(29)32/h7-14,22-27H,4-6,15-21H2,1-3H3;4-5,7-16,22-27H,1-2,6,17-21H2,3H3/b;16-15-. The molecule has 0 radical (unpaired) electrons. The van der Waals surface area contributed by atoms with Crippen LogP contribution < -0.4 is 0 Å². The van der Waals surface area contributed by atoms with E-state index in [9.17, 15) is 0 Å². The third-order valence-corrected chi connectivity index (χ3v) is 18.0. The second-order valence-corrected chi connectivity index (χ2v) is 21.4. The van der Waals surface area contributed by atoms with E-state index in [1.54, 1.807) is 0 Å². The average Bonchev–Trinajstić information content (AvgIpc) is 4.21. The summed E-state index contributed by atoms with van der Waals surface area (Å²) in [6.45, 7) is 20.1. The van der Waals surface area contributed by atoms with Crippen molar-refractivity contribution in [3.8, 4) is 0 Å². The maximum Gasteiger partial charge on any atom is 0.0491 e. The Morgan fingerprint density at radius 3 is 1.33 bits per heavy atom. The highest BCUT2D eigenvalue weighted by Crippen LogP contribution is 2.48. The third-order valence-electron chi connectivity index (χ3n) is 18.0. The van der Waals surface area contributed by atoms with Gasteiger partial charge >= 0.3 is 0 Å². The highest BCUT2D eigenvalue weighted by Gasteiger charge is 2.37. The lowest BCUT2D eigenvalue weighted by atomic mass is 9.87. The van der Waals surface area contributed by atoms with Crippen LogP contribution >= 0.6 is 0 Å². The van der Waals surface area contributed by atoms with Crippen LogP contribution in [0, 0.1) is 71.0 Å². The lowest BCUT2D eigenvalue weighted by molar-refractivity contribution is 0.298. The predicted octanol–water partition coefficient (Wildman–Crippen LogP) is 17.5. The summed E-state index contributed by atoms with van der Waals surface area (Å²) < 4.78 is 5.24. The van der Waals surface area contributed by atoms with Crippen LogP contribution in [-0.2, 0) is 13.1 Å². The topological polar surface area (TPSA) is 9.86 Å². The highest BCUT2D eigenvalue weighted by atomic mass is 15.0. The summed E-state index contributed by atoms with van der Waals surface area (Å²) in [5.74, 6) is 9.88. The molecule has 0 bridgehead atoms. The molecule has 0 saturated heterocycles. The number of allylic oxidation sites excluding steroid dienone is 4. The molecule has 0 spiro atoms. The lowest BCUT2D eigenvalue weighted by Crippen LogP contribution is -2.16. The van der Waals surface area contributed by atoms with E-state index < -0.39 is 0 Å². The lowest BCUT2D eigenvalue weighted by Gasteiger charge is -2.23. The molecule has 0 aliphatic heterocycles. The Bertz CT molecular complexity index is 2390. The Hall–Kier alpha value is -4.30. The maximum atomic E-state index is 4.15. The fourth-order valence-electron chi connectivity index (χ4n) is 14.4. The van der Waals surface area contributed by atoms with Gasteiger partial charge in [-0.05, 0) is 153 Å². The molecule has 11 atom stereocenters. The Labute approximate surface area is 387 Å². The van der Waals surface area contributed by atoms with Crippen LogP contribution in [0.5, 0.6) is 0 Å². The molecule has 4 aliphatic rings. The summed E-state index contributed by atoms with van der Waals surface area (Å²) in [6, 6.07) is 35.9.